The third kappa shape index (κ3) is 6.26. The minimum Gasteiger partial charge on any atom is -0.364 e. The zero-order chi connectivity index (χ0) is 22.2. The molecule has 32 heavy (non-hydrogen) atoms. The van der Waals surface area contributed by atoms with Gasteiger partial charge < -0.3 is 9.64 Å². The normalized spacial score (nSPS) is 16.0. The fourth-order valence-electron chi connectivity index (χ4n) is 4.18. The molecule has 1 fully saturated rings. The van der Waals surface area contributed by atoms with Crippen molar-refractivity contribution in [1.82, 2.24) is 9.88 Å². The van der Waals surface area contributed by atoms with E-state index in [1.807, 2.05) is 72.8 Å². The molecule has 3 aromatic rings. The molecule has 0 saturated carbocycles. The highest BCUT2D eigenvalue weighted by Crippen LogP contribution is 2.29. The molecule has 1 aromatic heterocycles. The number of halogens is 1. The lowest BCUT2D eigenvalue weighted by Gasteiger charge is -2.34. The number of rotatable bonds is 9. The third-order valence-electron chi connectivity index (χ3n) is 5.97. The highest BCUT2D eigenvalue weighted by molar-refractivity contribution is 6.30. The first kappa shape index (κ1) is 22.7. The van der Waals surface area contributed by atoms with Gasteiger partial charge in [0.05, 0.1) is 11.8 Å². The number of likely N-dealkylation sites (tertiary alicyclic amines) is 1. The summed E-state index contributed by atoms with van der Waals surface area (Å²) in [6.45, 7) is 2.92. The molecule has 0 aliphatic carbocycles. The SMILES string of the molecule is O=C(CCCN1CCC(OC(c2ccc(Cl)cc2)c2ccccn2)CC1)c1ccccc1. The minimum absolute atomic E-state index is 0.180. The van der Waals surface area contributed by atoms with Crippen LogP contribution in [-0.2, 0) is 4.74 Å². The van der Waals surface area contributed by atoms with E-state index >= 15 is 0 Å². The summed E-state index contributed by atoms with van der Waals surface area (Å²) in [6.07, 6.45) is 5.22. The summed E-state index contributed by atoms with van der Waals surface area (Å²) in [5, 5.41) is 0.715. The van der Waals surface area contributed by atoms with Crippen molar-refractivity contribution >= 4 is 17.4 Å². The second-order valence-electron chi connectivity index (χ2n) is 8.26. The topological polar surface area (TPSA) is 42.4 Å². The Kier molecular flexibility index (Phi) is 8.05. The van der Waals surface area contributed by atoms with Crippen molar-refractivity contribution in [3.05, 3.63) is 101 Å². The van der Waals surface area contributed by atoms with Crippen molar-refractivity contribution in [3.63, 3.8) is 0 Å². The fourth-order valence-corrected chi connectivity index (χ4v) is 4.31. The largest absolute Gasteiger partial charge is 0.364 e. The molecule has 2 aromatic carbocycles. The molecule has 0 amide bonds. The quantitative estimate of drug-likeness (QED) is 0.378. The van der Waals surface area contributed by atoms with Gasteiger partial charge >= 0.3 is 0 Å². The summed E-state index contributed by atoms with van der Waals surface area (Å²) in [6, 6.07) is 23.3. The number of piperidine rings is 1. The van der Waals surface area contributed by atoms with E-state index in [-0.39, 0.29) is 18.0 Å². The first-order valence-electron chi connectivity index (χ1n) is 11.3. The molecule has 2 heterocycles. The van der Waals surface area contributed by atoms with Gasteiger partial charge in [-0.2, -0.15) is 0 Å². The number of nitrogens with zero attached hydrogens (tertiary/aromatic N) is 2. The van der Waals surface area contributed by atoms with Crippen molar-refractivity contribution in [1.29, 1.82) is 0 Å². The lowest BCUT2D eigenvalue weighted by Crippen LogP contribution is -2.38. The van der Waals surface area contributed by atoms with Crippen molar-refractivity contribution in [2.45, 2.75) is 37.9 Å². The number of hydrogen-bond donors (Lipinski definition) is 0. The molecule has 0 N–H and O–H groups in total. The molecule has 4 nitrogen and oxygen atoms in total. The van der Waals surface area contributed by atoms with E-state index < -0.39 is 0 Å². The molecule has 0 radical (unpaired) electrons. The van der Waals surface area contributed by atoms with Crippen LogP contribution < -0.4 is 0 Å². The zero-order valence-corrected chi connectivity index (χ0v) is 19.0. The van der Waals surface area contributed by atoms with Crippen LogP contribution in [0.5, 0.6) is 0 Å². The molecule has 4 rings (SSSR count). The summed E-state index contributed by atoms with van der Waals surface area (Å²) < 4.78 is 6.57. The molecule has 1 aliphatic rings. The van der Waals surface area contributed by atoms with E-state index in [0.717, 1.165) is 55.7 Å². The van der Waals surface area contributed by atoms with E-state index in [0.29, 0.717) is 11.4 Å². The van der Waals surface area contributed by atoms with Gasteiger partial charge in [-0.25, -0.2) is 0 Å². The summed E-state index contributed by atoms with van der Waals surface area (Å²) in [7, 11) is 0. The van der Waals surface area contributed by atoms with Crippen molar-refractivity contribution in [2.75, 3.05) is 19.6 Å². The second-order valence-corrected chi connectivity index (χ2v) is 8.69. The van der Waals surface area contributed by atoms with E-state index in [2.05, 4.69) is 9.88 Å². The van der Waals surface area contributed by atoms with Gasteiger partial charge in [0.15, 0.2) is 5.78 Å². The molecule has 166 valence electrons. The first-order chi connectivity index (χ1) is 15.7. The van der Waals surface area contributed by atoms with Gasteiger partial charge in [-0.05, 0) is 55.6 Å². The van der Waals surface area contributed by atoms with Crippen LogP contribution in [0.25, 0.3) is 0 Å². The lowest BCUT2D eigenvalue weighted by atomic mass is 10.0. The average molecular weight is 449 g/mol. The molecular formula is C27H29ClN2O2. The van der Waals surface area contributed by atoms with Gasteiger partial charge in [0.1, 0.15) is 6.10 Å². The highest BCUT2D eigenvalue weighted by Gasteiger charge is 2.25. The maximum absolute atomic E-state index is 12.3. The maximum Gasteiger partial charge on any atom is 0.162 e. The number of aromatic nitrogens is 1. The number of ketones is 1. The number of hydrogen-bond acceptors (Lipinski definition) is 4. The van der Waals surface area contributed by atoms with Crippen molar-refractivity contribution in [2.24, 2.45) is 0 Å². The molecule has 5 heteroatoms. The van der Waals surface area contributed by atoms with Gasteiger partial charge in [0.2, 0.25) is 0 Å². The van der Waals surface area contributed by atoms with E-state index in [4.69, 9.17) is 16.3 Å². The Morgan fingerprint density at radius 2 is 1.72 bits per heavy atom. The number of benzene rings is 2. The van der Waals surface area contributed by atoms with Crippen molar-refractivity contribution < 1.29 is 9.53 Å². The molecular weight excluding hydrogens is 420 g/mol. The van der Waals surface area contributed by atoms with E-state index in [9.17, 15) is 4.79 Å². The Bertz CT molecular complexity index is 972. The van der Waals surface area contributed by atoms with Crippen molar-refractivity contribution in [3.8, 4) is 0 Å². The number of pyridine rings is 1. The van der Waals surface area contributed by atoms with Gasteiger partial charge in [-0.1, -0.05) is 60.1 Å². The number of carbonyl (C=O) groups is 1. The number of carbonyl (C=O) groups excluding carboxylic acids is 1. The van der Waals surface area contributed by atoms with Gasteiger partial charge in [0, 0.05) is 36.3 Å². The zero-order valence-electron chi connectivity index (χ0n) is 18.2. The predicted molar refractivity (Wildman–Crippen MR) is 128 cm³/mol. The Morgan fingerprint density at radius 1 is 1.00 bits per heavy atom. The van der Waals surface area contributed by atoms with Gasteiger partial charge in [0.25, 0.3) is 0 Å². The fraction of sp³-hybridized carbons (Fsp3) is 0.333. The average Bonchev–Trinajstić information content (AvgIpc) is 2.85. The molecule has 1 unspecified atom stereocenters. The standard InChI is InChI=1S/C27H29ClN2O2/c28-23-13-11-22(12-14-23)27(25-9-4-5-17-29-25)32-24-15-19-30(20-16-24)18-6-10-26(31)21-7-2-1-3-8-21/h1-5,7-9,11-14,17,24,27H,6,10,15-16,18-20H2. The van der Waals surface area contributed by atoms with Crippen LogP contribution in [0.2, 0.25) is 5.02 Å². The van der Waals surface area contributed by atoms with Crippen LogP contribution in [0.3, 0.4) is 0 Å². The number of Topliss-reactive ketones (excluding diaryl/α,β-unsaturated/α-hetero) is 1. The summed E-state index contributed by atoms with van der Waals surface area (Å²) in [5.41, 5.74) is 2.79. The molecule has 1 atom stereocenters. The van der Waals surface area contributed by atoms with E-state index in [1.165, 1.54) is 0 Å². The number of ether oxygens (including phenoxy) is 1. The first-order valence-corrected chi connectivity index (χ1v) is 11.7. The second kappa shape index (κ2) is 11.4. The van der Waals surface area contributed by atoms with Crippen LogP contribution in [-0.4, -0.2) is 41.4 Å². The van der Waals surface area contributed by atoms with Crippen LogP contribution in [0.1, 0.15) is 53.4 Å². The van der Waals surface area contributed by atoms with Gasteiger partial charge in [-0.3, -0.25) is 9.78 Å². The Hall–Kier alpha value is -2.53. The predicted octanol–water partition coefficient (Wildman–Crippen LogP) is 5.97. The Labute approximate surface area is 195 Å². The van der Waals surface area contributed by atoms with E-state index in [1.54, 1.807) is 6.20 Å². The van der Waals surface area contributed by atoms with Gasteiger partial charge in [-0.15, -0.1) is 0 Å². The maximum atomic E-state index is 12.3. The molecule has 0 bridgehead atoms. The third-order valence-corrected chi connectivity index (χ3v) is 6.22. The minimum atomic E-state index is -0.200. The monoisotopic (exact) mass is 448 g/mol. The summed E-state index contributed by atoms with van der Waals surface area (Å²) in [4.78, 5) is 19.3. The summed E-state index contributed by atoms with van der Waals surface area (Å²) in [5.74, 6) is 0.227. The smallest absolute Gasteiger partial charge is 0.162 e. The lowest BCUT2D eigenvalue weighted by molar-refractivity contribution is -0.0286. The van der Waals surface area contributed by atoms with Crippen LogP contribution in [0.15, 0.2) is 79.0 Å². The molecule has 0 spiro atoms. The Morgan fingerprint density at radius 3 is 2.41 bits per heavy atom. The molecule has 1 saturated heterocycles. The highest BCUT2D eigenvalue weighted by atomic mass is 35.5. The van der Waals surface area contributed by atoms with Crippen LogP contribution >= 0.6 is 11.6 Å². The summed E-state index contributed by atoms with van der Waals surface area (Å²) >= 11 is 6.08. The van der Waals surface area contributed by atoms with Crippen LogP contribution in [0.4, 0.5) is 0 Å². The van der Waals surface area contributed by atoms with Crippen LogP contribution in [0, 0.1) is 0 Å². The molecule has 1 aliphatic heterocycles. The Balaban J connectivity index is 1.28.